The molecule has 0 fully saturated rings. The molecule has 0 aromatic heterocycles. The minimum absolute atomic E-state index is 0.0389. The molecular formula is C20H23NO4S. The van der Waals surface area contributed by atoms with Crippen LogP contribution in [0.15, 0.2) is 70.6 Å². The molecule has 5 nitrogen and oxygen atoms in total. The van der Waals surface area contributed by atoms with E-state index in [2.05, 4.69) is 10.1 Å². The Labute approximate surface area is 154 Å². The van der Waals surface area contributed by atoms with Crippen molar-refractivity contribution in [3.8, 4) is 0 Å². The highest BCUT2D eigenvalue weighted by Crippen LogP contribution is 2.26. The summed E-state index contributed by atoms with van der Waals surface area (Å²) < 4.78 is 30.5. The van der Waals surface area contributed by atoms with Crippen LogP contribution in [0.5, 0.6) is 0 Å². The van der Waals surface area contributed by atoms with E-state index in [9.17, 15) is 13.2 Å². The lowest BCUT2D eigenvalue weighted by Crippen LogP contribution is -2.17. The van der Waals surface area contributed by atoms with Crippen LogP contribution in [0.1, 0.15) is 26.3 Å². The summed E-state index contributed by atoms with van der Waals surface area (Å²) in [5, 5.41) is 2.83. The number of benzene rings is 2. The van der Waals surface area contributed by atoms with Crippen molar-refractivity contribution < 1.29 is 17.9 Å². The lowest BCUT2D eigenvalue weighted by atomic mass is 9.87. The second-order valence-corrected chi connectivity index (χ2v) is 8.71. The molecule has 2 aromatic carbocycles. The van der Waals surface area contributed by atoms with E-state index in [1.54, 1.807) is 36.4 Å². The zero-order valence-corrected chi connectivity index (χ0v) is 16.1. The molecule has 0 bridgehead atoms. The molecule has 0 saturated heterocycles. The fraction of sp³-hybridized carbons (Fsp3) is 0.250. The first-order valence-corrected chi connectivity index (χ1v) is 9.60. The number of carbonyl (C=O) groups is 1. The van der Waals surface area contributed by atoms with Crippen LogP contribution in [0.25, 0.3) is 0 Å². The summed E-state index contributed by atoms with van der Waals surface area (Å²) in [7, 11) is -2.87. The number of esters is 1. The molecule has 0 aliphatic heterocycles. The SMILES string of the molecule is COC(=O)C(=CNc1ccccc1)S(=O)(=O)c1ccc(C(C)(C)C)cc1. The van der Waals surface area contributed by atoms with Crippen molar-refractivity contribution in [2.24, 2.45) is 0 Å². The van der Waals surface area contributed by atoms with Crippen molar-refractivity contribution in [3.05, 3.63) is 71.3 Å². The van der Waals surface area contributed by atoms with Crippen LogP contribution in [-0.2, 0) is 24.8 Å². The Bertz CT molecular complexity index is 893. The normalized spacial score (nSPS) is 12.5. The second-order valence-electron chi connectivity index (χ2n) is 6.79. The van der Waals surface area contributed by atoms with E-state index in [1.165, 1.54) is 12.1 Å². The first-order valence-electron chi connectivity index (χ1n) is 8.12. The monoisotopic (exact) mass is 373 g/mol. The second kappa shape index (κ2) is 7.74. The Kier molecular flexibility index (Phi) is 5.87. The molecule has 0 saturated carbocycles. The Morgan fingerprint density at radius 3 is 2.08 bits per heavy atom. The number of carbonyl (C=O) groups excluding carboxylic acids is 1. The maximum atomic E-state index is 12.9. The maximum Gasteiger partial charge on any atom is 0.351 e. The minimum Gasteiger partial charge on any atom is -0.465 e. The van der Waals surface area contributed by atoms with Crippen molar-refractivity contribution in [2.45, 2.75) is 31.1 Å². The highest BCUT2D eigenvalue weighted by molar-refractivity contribution is 7.96. The van der Waals surface area contributed by atoms with Crippen LogP contribution in [0.4, 0.5) is 5.69 Å². The third-order valence-corrected chi connectivity index (χ3v) is 5.61. The van der Waals surface area contributed by atoms with Crippen molar-refractivity contribution >= 4 is 21.5 Å². The van der Waals surface area contributed by atoms with Gasteiger partial charge in [-0.3, -0.25) is 0 Å². The largest absolute Gasteiger partial charge is 0.465 e. The van der Waals surface area contributed by atoms with Crippen LogP contribution >= 0.6 is 0 Å². The van der Waals surface area contributed by atoms with Crippen molar-refractivity contribution in [2.75, 3.05) is 12.4 Å². The summed E-state index contributed by atoms with van der Waals surface area (Å²) in [4.78, 5) is 11.7. The van der Waals surface area contributed by atoms with Gasteiger partial charge in [-0.05, 0) is 35.2 Å². The zero-order valence-electron chi connectivity index (χ0n) is 15.3. The fourth-order valence-corrected chi connectivity index (χ4v) is 3.56. The third kappa shape index (κ3) is 4.52. The lowest BCUT2D eigenvalue weighted by Gasteiger charge is -2.19. The standard InChI is InChI=1S/C20H23NO4S/c1-20(2,3)15-10-12-17(13-11-15)26(23,24)18(19(22)25-4)14-21-16-8-6-5-7-9-16/h5-14,21H,1-4H3. The number of sulfone groups is 1. The Morgan fingerprint density at radius 2 is 1.58 bits per heavy atom. The van der Waals surface area contributed by atoms with E-state index >= 15 is 0 Å². The quantitative estimate of drug-likeness (QED) is 0.636. The van der Waals surface area contributed by atoms with Crippen molar-refractivity contribution in [1.29, 1.82) is 0 Å². The Morgan fingerprint density at radius 1 is 1.00 bits per heavy atom. The van der Waals surface area contributed by atoms with Gasteiger partial charge >= 0.3 is 5.97 Å². The summed E-state index contributed by atoms with van der Waals surface area (Å²) in [5.41, 5.74) is 1.56. The number of para-hydroxylation sites is 1. The molecule has 0 heterocycles. The molecule has 0 unspecified atom stereocenters. The summed E-state index contributed by atoms with van der Waals surface area (Å²) >= 11 is 0. The molecule has 0 spiro atoms. The van der Waals surface area contributed by atoms with Gasteiger partial charge in [0.1, 0.15) is 0 Å². The van der Waals surface area contributed by atoms with Gasteiger partial charge in [-0.1, -0.05) is 51.1 Å². The van der Waals surface area contributed by atoms with Crippen molar-refractivity contribution in [3.63, 3.8) is 0 Å². The number of anilines is 1. The van der Waals surface area contributed by atoms with E-state index in [1.807, 2.05) is 26.8 Å². The van der Waals surface area contributed by atoms with Gasteiger partial charge in [0.15, 0.2) is 4.91 Å². The van der Waals surface area contributed by atoms with Gasteiger partial charge in [0.2, 0.25) is 9.84 Å². The molecule has 6 heteroatoms. The number of hydrogen-bond acceptors (Lipinski definition) is 5. The summed E-state index contributed by atoms with van der Waals surface area (Å²) in [5.74, 6) is -0.923. The first-order chi connectivity index (χ1) is 12.2. The van der Waals surface area contributed by atoms with Gasteiger partial charge in [0.05, 0.1) is 12.0 Å². The summed E-state index contributed by atoms with van der Waals surface area (Å²) in [6, 6.07) is 15.5. The van der Waals surface area contributed by atoms with Gasteiger partial charge in [-0.25, -0.2) is 13.2 Å². The van der Waals surface area contributed by atoms with Gasteiger partial charge in [-0.15, -0.1) is 0 Å². The minimum atomic E-state index is -4.02. The van der Waals surface area contributed by atoms with Gasteiger partial charge < -0.3 is 10.1 Å². The molecule has 2 rings (SSSR count). The number of methoxy groups -OCH3 is 1. The number of hydrogen-bond donors (Lipinski definition) is 1. The highest BCUT2D eigenvalue weighted by atomic mass is 32.2. The van der Waals surface area contributed by atoms with E-state index in [0.29, 0.717) is 5.69 Å². The van der Waals surface area contributed by atoms with Gasteiger partial charge in [0, 0.05) is 11.9 Å². The summed E-state index contributed by atoms with van der Waals surface area (Å²) in [6.45, 7) is 6.13. The smallest absolute Gasteiger partial charge is 0.351 e. The van der Waals surface area contributed by atoms with Crippen LogP contribution in [0.2, 0.25) is 0 Å². The highest BCUT2D eigenvalue weighted by Gasteiger charge is 2.28. The van der Waals surface area contributed by atoms with Gasteiger partial charge in [-0.2, -0.15) is 0 Å². The summed E-state index contributed by atoms with van der Waals surface area (Å²) in [6.07, 6.45) is 1.16. The fourth-order valence-electron chi connectivity index (χ4n) is 2.29. The average Bonchev–Trinajstić information content (AvgIpc) is 2.61. The molecule has 0 amide bonds. The topological polar surface area (TPSA) is 72.5 Å². The molecular weight excluding hydrogens is 350 g/mol. The van der Waals surface area contributed by atoms with Crippen LogP contribution < -0.4 is 5.32 Å². The molecule has 26 heavy (non-hydrogen) atoms. The van der Waals surface area contributed by atoms with Gasteiger partial charge in [0.25, 0.3) is 0 Å². The maximum absolute atomic E-state index is 12.9. The average molecular weight is 373 g/mol. The molecule has 0 atom stereocenters. The zero-order chi connectivity index (χ0) is 19.4. The van der Waals surface area contributed by atoms with E-state index in [0.717, 1.165) is 18.9 Å². The first kappa shape index (κ1) is 19.7. The van der Waals surface area contributed by atoms with Crippen LogP contribution in [0, 0.1) is 0 Å². The van der Waals surface area contributed by atoms with Crippen LogP contribution in [-0.4, -0.2) is 21.5 Å². The van der Waals surface area contributed by atoms with E-state index in [4.69, 9.17) is 0 Å². The predicted molar refractivity (Wildman–Crippen MR) is 102 cm³/mol. The Balaban J connectivity index is 2.41. The molecule has 2 aromatic rings. The molecule has 0 aliphatic carbocycles. The van der Waals surface area contributed by atoms with E-state index in [-0.39, 0.29) is 10.3 Å². The van der Waals surface area contributed by atoms with Crippen LogP contribution in [0.3, 0.4) is 0 Å². The number of rotatable bonds is 5. The Hall–Kier alpha value is -2.60. The van der Waals surface area contributed by atoms with Crippen molar-refractivity contribution in [1.82, 2.24) is 0 Å². The van der Waals surface area contributed by atoms with E-state index < -0.39 is 20.7 Å². The molecule has 138 valence electrons. The predicted octanol–water partition coefficient (Wildman–Crippen LogP) is 3.88. The third-order valence-electron chi connectivity index (χ3n) is 3.85. The number of nitrogens with one attached hydrogen (secondary N) is 1. The lowest BCUT2D eigenvalue weighted by molar-refractivity contribution is -0.135. The number of ether oxygens (including phenoxy) is 1. The molecule has 0 aliphatic rings. The molecule has 1 N–H and O–H groups in total. The molecule has 0 radical (unpaired) electrons.